The Morgan fingerprint density at radius 1 is 1.54 bits per heavy atom. The van der Waals surface area contributed by atoms with E-state index in [0.717, 1.165) is 18.8 Å². The van der Waals surface area contributed by atoms with Gasteiger partial charge in [0, 0.05) is 6.61 Å². The summed E-state index contributed by atoms with van der Waals surface area (Å²) in [6.45, 7) is 2.49. The standard InChI is InChI=1S/C12H20O/c1-11(6-5-9-13)10-12-7-3-2-4-8-12/h2-3,10,12-13H,4-9H2,1H3. The maximum absolute atomic E-state index is 8.68. The number of aliphatic hydroxyl groups is 1. The largest absolute Gasteiger partial charge is 0.396 e. The van der Waals surface area contributed by atoms with E-state index in [4.69, 9.17) is 5.11 Å². The number of rotatable bonds is 4. The Labute approximate surface area is 81.2 Å². The highest BCUT2D eigenvalue weighted by molar-refractivity contribution is 5.05. The van der Waals surface area contributed by atoms with Crippen LogP contribution in [0.3, 0.4) is 0 Å². The summed E-state index contributed by atoms with van der Waals surface area (Å²) in [4.78, 5) is 0. The lowest BCUT2D eigenvalue weighted by molar-refractivity contribution is 0.288. The van der Waals surface area contributed by atoms with Crippen molar-refractivity contribution in [2.24, 2.45) is 5.92 Å². The lowest BCUT2D eigenvalue weighted by atomic mass is 9.92. The van der Waals surface area contributed by atoms with Crippen LogP contribution in [0.15, 0.2) is 23.8 Å². The molecule has 0 bridgehead atoms. The molecule has 0 aromatic carbocycles. The zero-order valence-electron chi connectivity index (χ0n) is 8.50. The molecular weight excluding hydrogens is 160 g/mol. The Bertz CT molecular complexity index is 191. The molecule has 13 heavy (non-hydrogen) atoms. The van der Waals surface area contributed by atoms with Crippen molar-refractivity contribution in [3.63, 3.8) is 0 Å². The molecule has 0 spiro atoms. The van der Waals surface area contributed by atoms with Crippen molar-refractivity contribution in [1.29, 1.82) is 0 Å². The minimum Gasteiger partial charge on any atom is -0.396 e. The first-order valence-corrected chi connectivity index (χ1v) is 5.26. The van der Waals surface area contributed by atoms with Gasteiger partial charge in [0.2, 0.25) is 0 Å². The summed E-state index contributed by atoms with van der Waals surface area (Å²) >= 11 is 0. The Kier molecular flexibility index (Phi) is 4.84. The minimum atomic E-state index is 0.315. The fraction of sp³-hybridized carbons (Fsp3) is 0.667. The van der Waals surface area contributed by atoms with E-state index in [0.29, 0.717) is 6.61 Å². The molecule has 0 aromatic heterocycles. The van der Waals surface area contributed by atoms with Crippen molar-refractivity contribution >= 4 is 0 Å². The first-order chi connectivity index (χ1) is 6.33. The molecule has 0 fully saturated rings. The Morgan fingerprint density at radius 2 is 2.38 bits per heavy atom. The fourth-order valence-corrected chi connectivity index (χ4v) is 1.81. The van der Waals surface area contributed by atoms with Crippen LogP contribution in [-0.2, 0) is 0 Å². The summed E-state index contributed by atoms with van der Waals surface area (Å²) in [7, 11) is 0. The topological polar surface area (TPSA) is 20.2 Å². The first-order valence-electron chi connectivity index (χ1n) is 5.26. The van der Waals surface area contributed by atoms with Crippen molar-refractivity contribution in [2.75, 3.05) is 6.61 Å². The number of allylic oxidation sites excluding steroid dienone is 4. The molecule has 1 heteroatoms. The predicted octanol–water partition coefficient (Wildman–Crippen LogP) is 3.06. The first kappa shape index (κ1) is 10.5. The van der Waals surface area contributed by atoms with Crippen LogP contribution in [0.5, 0.6) is 0 Å². The summed E-state index contributed by atoms with van der Waals surface area (Å²) in [5, 5.41) is 8.68. The van der Waals surface area contributed by atoms with Crippen LogP contribution in [0, 0.1) is 5.92 Å². The van der Waals surface area contributed by atoms with Crippen molar-refractivity contribution in [3.05, 3.63) is 23.8 Å². The van der Waals surface area contributed by atoms with Gasteiger partial charge in [0.05, 0.1) is 0 Å². The lowest BCUT2D eigenvalue weighted by Crippen LogP contribution is -1.99. The molecule has 1 unspecified atom stereocenters. The van der Waals surface area contributed by atoms with E-state index in [2.05, 4.69) is 25.2 Å². The zero-order chi connectivity index (χ0) is 9.52. The highest BCUT2D eigenvalue weighted by Gasteiger charge is 2.06. The molecule has 1 aliphatic rings. The maximum atomic E-state index is 8.68. The molecule has 0 aliphatic heterocycles. The van der Waals surface area contributed by atoms with Crippen LogP contribution < -0.4 is 0 Å². The summed E-state index contributed by atoms with van der Waals surface area (Å²) < 4.78 is 0. The van der Waals surface area contributed by atoms with E-state index in [1.807, 2.05) is 0 Å². The van der Waals surface area contributed by atoms with Gasteiger partial charge in [0.15, 0.2) is 0 Å². The van der Waals surface area contributed by atoms with E-state index < -0.39 is 0 Å². The second-order valence-corrected chi connectivity index (χ2v) is 3.88. The maximum Gasteiger partial charge on any atom is 0.0434 e. The van der Waals surface area contributed by atoms with Crippen molar-refractivity contribution in [1.82, 2.24) is 0 Å². The molecule has 1 nitrogen and oxygen atoms in total. The third kappa shape index (κ3) is 4.28. The number of aliphatic hydroxyl groups excluding tert-OH is 1. The van der Waals surface area contributed by atoms with Gasteiger partial charge in [-0.15, -0.1) is 0 Å². The molecule has 0 aromatic rings. The highest BCUT2D eigenvalue weighted by atomic mass is 16.2. The molecule has 74 valence electrons. The molecular formula is C12H20O. The summed E-state index contributed by atoms with van der Waals surface area (Å²) in [6, 6.07) is 0. The van der Waals surface area contributed by atoms with Crippen LogP contribution in [-0.4, -0.2) is 11.7 Å². The van der Waals surface area contributed by atoms with Crippen molar-refractivity contribution in [2.45, 2.75) is 39.0 Å². The average molecular weight is 180 g/mol. The fourth-order valence-electron chi connectivity index (χ4n) is 1.81. The van der Waals surface area contributed by atoms with Gasteiger partial charge in [-0.1, -0.05) is 23.8 Å². The van der Waals surface area contributed by atoms with Gasteiger partial charge in [-0.2, -0.15) is 0 Å². The predicted molar refractivity (Wildman–Crippen MR) is 56.6 cm³/mol. The Hall–Kier alpha value is -0.560. The molecule has 1 N–H and O–H groups in total. The molecule has 0 amide bonds. The van der Waals surface area contributed by atoms with Crippen LogP contribution >= 0.6 is 0 Å². The van der Waals surface area contributed by atoms with E-state index >= 15 is 0 Å². The lowest BCUT2D eigenvalue weighted by Gasteiger charge is -2.14. The van der Waals surface area contributed by atoms with E-state index in [1.54, 1.807) is 0 Å². The van der Waals surface area contributed by atoms with E-state index in [-0.39, 0.29) is 0 Å². The summed E-state index contributed by atoms with van der Waals surface area (Å²) in [6.07, 6.45) is 12.6. The van der Waals surface area contributed by atoms with E-state index in [9.17, 15) is 0 Å². The van der Waals surface area contributed by atoms with Gasteiger partial charge < -0.3 is 5.11 Å². The van der Waals surface area contributed by atoms with Gasteiger partial charge in [0.1, 0.15) is 0 Å². The number of hydrogen-bond donors (Lipinski definition) is 1. The Balaban J connectivity index is 2.30. The van der Waals surface area contributed by atoms with Crippen molar-refractivity contribution < 1.29 is 5.11 Å². The quantitative estimate of drug-likeness (QED) is 0.659. The second-order valence-electron chi connectivity index (χ2n) is 3.88. The van der Waals surface area contributed by atoms with Gasteiger partial charge in [-0.25, -0.2) is 0 Å². The molecule has 1 aliphatic carbocycles. The molecule has 0 heterocycles. The van der Waals surface area contributed by atoms with Gasteiger partial charge >= 0.3 is 0 Å². The number of hydrogen-bond acceptors (Lipinski definition) is 1. The monoisotopic (exact) mass is 180 g/mol. The van der Waals surface area contributed by atoms with Crippen LogP contribution in [0.2, 0.25) is 0 Å². The zero-order valence-corrected chi connectivity index (χ0v) is 8.50. The normalized spacial score (nSPS) is 23.5. The van der Waals surface area contributed by atoms with Crippen molar-refractivity contribution in [3.8, 4) is 0 Å². The molecule has 1 rings (SSSR count). The second kappa shape index (κ2) is 5.98. The molecule has 1 atom stereocenters. The SMILES string of the molecule is CC(=CC1CC=CCC1)CCCO. The van der Waals surface area contributed by atoms with E-state index in [1.165, 1.54) is 24.8 Å². The van der Waals surface area contributed by atoms with Crippen LogP contribution in [0.4, 0.5) is 0 Å². The Morgan fingerprint density at radius 3 is 3.00 bits per heavy atom. The van der Waals surface area contributed by atoms with Gasteiger partial charge in [-0.05, 0) is 44.9 Å². The minimum absolute atomic E-state index is 0.315. The third-order valence-electron chi connectivity index (χ3n) is 2.56. The van der Waals surface area contributed by atoms with Gasteiger partial charge in [0.25, 0.3) is 0 Å². The molecule has 0 radical (unpaired) electrons. The summed E-state index contributed by atoms with van der Waals surface area (Å²) in [5.74, 6) is 0.753. The average Bonchev–Trinajstić information content (AvgIpc) is 2.16. The smallest absolute Gasteiger partial charge is 0.0434 e. The molecule has 0 saturated carbocycles. The third-order valence-corrected chi connectivity index (χ3v) is 2.56. The van der Waals surface area contributed by atoms with Gasteiger partial charge in [-0.3, -0.25) is 0 Å². The summed E-state index contributed by atoms with van der Waals surface area (Å²) in [5.41, 5.74) is 1.44. The highest BCUT2D eigenvalue weighted by Crippen LogP contribution is 2.21. The molecule has 0 saturated heterocycles. The van der Waals surface area contributed by atoms with Crippen LogP contribution in [0.25, 0.3) is 0 Å². The van der Waals surface area contributed by atoms with Crippen LogP contribution in [0.1, 0.15) is 39.0 Å².